The fraction of sp³-hybridized carbons (Fsp3) is 0.435. The van der Waals surface area contributed by atoms with E-state index in [-0.39, 0.29) is 0 Å². The van der Waals surface area contributed by atoms with Crippen LogP contribution in [0.3, 0.4) is 0 Å². The van der Waals surface area contributed by atoms with E-state index < -0.39 is 8.07 Å². The number of anilines is 2. The van der Waals surface area contributed by atoms with Crippen LogP contribution in [-0.2, 0) is 0 Å². The van der Waals surface area contributed by atoms with Crippen molar-refractivity contribution in [3.63, 3.8) is 0 Å². The van der Waals surface area contributed by atoms with Gasteiger partial charge < -0.3 is 4.90 Å². The van der Waals surface area contributed by atoms with Gasteiger partial charge >= 0.3 is 0 Å². The maximum atomic E-state index is 6.31. The molecule has 0 spiro atoms. The second kappa shape index (κ2) is 8.95. The maximum absolute atomic E-state index is 6.31. The van der Waals surface area contributed by atoms with Gasteiger partial charge in [-0.1, -0.05) is 65.1 Å². The zero-order valence-electron chi connectivity index (χ0n) is 17.5. The van der Waals surface area contributed by atoms with Crippen molar-refractivity contribution in [3.05, 3.63) is 53.2 Å². The molecule has 0 fully saturated rings. The molecule has 2 aromatic rings. The van der Waals surface area contributed by atoms with Crippen molar-refractivity contribution in [2.75, 3.05) is 11.9 Å². The number of hydrogen-bond acceptors (Lipinski definition) is 2. The molecule has 0 aliphatic heterocycles. The van der Waals surface area contributed by atoms with E-state index in [1.54, 1.807) is 6.20 Å². The van der Waals surface area contributed by atoms with Gasteiger partial charge in [0.25, 0.3) is 0 Å². The lowest BCUT2D eigenvalue weighted by molar-refractivity contribution is 0.838. The Labute approximate surface area is 171 Å². The lowest BCUT2D eigenvalue weighted by Gasteiger charge is -2.38. The van der Waals surface area contributed by atoms with Gasteiger partial charge in [0.1, 0.15) is 13.9 Å². The quantitative estimate of drug-likeness (QED) is 0.395. The van der Waals surface area contributed by atoms with E-state index in [4.69, 9.17) is 11.6 Å². The first kappa shape index (κ1) is 21.5. The molecule has 1 aromatic carbocycles. The summed E-state index contributed by atoms with van der Waals surface area (Å²) in [6.07, 6.45) is 1.81. The van der Waals surface area contributed by atoms with E-state index in [1.165, 1.54) is 0 Å². The minimum absolute atomic E-state index is 0.598. The fourth-order valence-corrected chi connectivity index (χ4v) is 9.57. The number of benzene rings is 1. The van der Waals surface area contributed by atoms with Gasteiger partial charge in [-0.3, -0.25) is 0 Å². The third-order valence-corrected chi connectivity index (χ3v) is 12.1. The molecule has 0 atom stereocenters. The van der Waals surface area contributed by atoms with Crippen LogP contribution in [0.25, 0.3) is 0 Å². The highest BCUT2D eigenvalue weighted by Crippen LogP contribution is 2.41. The normalized spacial score (nSPS) is 11.7. The molecule has 0 unspecified atom stereocenters. The van der Waals surface area contributed by atoms with Crippen LogP contribution < -0.4 is 4.90 Å². The number of rotatable bonds is 5. The summed E-state index contributed by atoms with van der Waals surface area (Å²) in [7, 11) is 0.220. The van der Waals surface area contributed by atoms with Crippen LogP contribution in [0.5, 0.6) is 0 Å². The number of aromatic nitrogens is 1. The minimum Gasteiger partial charge on any atom is -0.328 e. The van der Waals surface area contributed by atoms with E-state index in [9.17, 15) is 0 Å². The van der Waals surface area contributed by atoms with Crippen molar-refractivity contribution in [1.82, 2.24) is 4.98 Å². The molecule has 2 nitrogen and oxygen atoms in total. The summed E-state index contributed by atoms with van der Waals surface area (Å²) < 4.78 is 0. The van der Waals surface area contributed by atoms with Gasteiger partial charge in [-0.05, 0) is 47.0 Å². The largest absolute Gasteiger partial charge is 0.328 e. The highest BCUT2D eigenvalue weighted by Gasteiger charge is 2.41. The molecule has 4 heteroatoms. The van der Waals surface area contributed by atoms with Crippen molar-refractivity contribution in [2.45, 2.75) is 58.2 Å². The molecule has 0 aliphatic carbocycles. The third kappa shape index (κ3) is 4.57. The zero-order chi connectivity index (χ0) is 20.2. The van der Waals surface area contributed by atoms with Crippen LogP contribution in [0.2, 0.25) is 21.6 Å². The monoisotopic (exact) mass is 398 g/mol. The average molecular weight is 399 g/mol. The highest BCUT2D eigenvalue weighted by molar-refractivity contribution is 6.90. The second-order valence-electron chi connectivity index (χ2n) is 8.06. The molecular formula is C23H31ClN2Si. The van der Waals surface area contributed by atoms with Crippen LogP contribution >= 0.6 is 11.6 Å². The summed E-state index contributed by atoms with van der Waals surface area (Å²) >= 11 is 6.31. The van der Waals surface area contributed by atoms with Gasteiger partial charge in [0.05, 0.1) is 5.69 Å². The van der Waals surface area contributed by atoms with Crippen molar-refractivity contribution in [3.8, 4) is 11.5 Å². The molecule has 0 N–H and O–H groups in total. The number of halogens is 1. The van der Waals surface area contributed by atoms with E-state index in [0.717, 1.165) is 17.1 Å². The Morgan fingerprint density at radius 3 is 2.11 bits per heavy atom. The van der Waals surface area contributed by atoms with E-state index >= 15 is 0 Å². The zero-order valence-corrected chi connectivity index (χ0v) is 19.3. The van der Waals surface area contributed by atoms with Crippen molar-refractivity contribution in [2.24, 2.45) is 0 Å². The van der Waals surface area contributed by atoms with Crippen molar-refractivity contribution < 1.29 is 0 Å². The van der Waals surface area contributed by atoms with Gasteiger partial charge in [-0.15, -0.1) is 5.54 Å². The lowest BCUT2D eigenvalue weighted by Crippen LogP contribution is -2.43. The molecule has 0 saturated carbocycles. The minimum atomic E-state index is -1.80. The Morgan fingerprint density at radius 1 is 0.963 bits per heavy atom. The van der Waals surface area contributed by atoms with Gasteiger partial charge in [0, 0.05) is 23.8 Å². The van der Waals surface area contributed by atoms with E-state index in [1.807, 2.05) is 43.4 Å². The highest BCUT2D eigenvalue weighted by atomic mass is 35.5. The number of nitrogens with zero attached hydrogens (tertiary/aromatic N) is 2. The predicted molar refractivity (Wildman–Crippen MR) is 122 cm³/mol. The van der Waals surface area contributed by atoms with Gasteiger partial charge in [0.2, 0.25) is 0 Å². The summed E-state index contributed by atoms with van der Waals surface area (Å²) in [6, 6.07) is 11.8. The molecular weight excluding hydrogens is 368 g/mol. The molecule has 1 aromatic heterocycles. The van der Waals surface area contributed by atoms with Gasteiger partial charge in [-0.25, -0.2) is 4.98 Å². The SMILES string of the molecule is CC(C)[Si](C#Cc1cc(Cl)ccc1N(C)c1ccccn1)(C(C)C)C(C)C. The van der Waals surface area contributed by atoms with Crippen molar-refractivity contribution in [1.29, 1.82) is 0 Å². The van der Waals surface area contributed by atoms with Gasteiger partial charge in [-0.2, -0.15) is 0 Å². The molecule has 27 heavy (non-hydrogen) atoms. The van der Waals surface area contributed by atoms with Crippen LogP contribution in [0.15, 0.2) is 42.6 Å². The van der Waals surface area contributed by atoms with Gasteiger partial charge in [0.15, 0.2) is 0 Å². The third-order valence-electron chi connectivity index (χ3n) is 5.59. The molecule has 0 saturated heterocycles. The van der Waals surface area contributed by atoms with Crippen LogP contribution in [0.4, 0.5) is 11.5 Å². The first-order valence-electron chi connectivity index (χ1n) is 9.67. The number of pyridine rings is 1. The molecule has 144 valence electrons. The Hall–Kier alpha value is -1.76. The Balaban J connectivity index is 2.57. The fourth-order valence-electron chi connectivity index (χ4n) is 4.19. The molecule has 0 amide bonds. The molecule has 0 bridgehead atoms. The molecule has 0 radical (unpaired) electrons. The molecule has 1 heterocycles. The van der Waals surface area contributed by atoms with Crippen molar-refractivity contribution >= 4 is 31.2 Å². The topological polar surface area (TPSA) is 16.1 Å². The summed E-state index contributed by atoms with van der Waals surface area (Å²) in [5, 5.41) is 0.711. The summed E-state index contributed by atoms with van der Waals surface area (Å²) in [6.45, 7) is 14.0. The summed E-state index contributed by atoms with van der Waals surface area (Å²) in [5.74, 6) is 4.44. The summed E-state index contributed by atoms with van der Waals surface area (Å²) in [4.78, 5) is 6.54. The van der Waals surface area contributed by atoms with Crippen LogP contribution in [0.1, 0.15) is 47.1 Å². The Morgan fingerprint density at radius 2 is 1.59 bits per heavy atom. The molecule has 2 rings (SSSR count). The predicted octanol–water partition coefficient (Wildman–Crippen LogP) is 7.07. The lowest BCUT2D eigenvalue weighted by atomic mass is 10.1. The van der Waals surface area contributed by atoms with E-state index in [0.29, 0.717) is 21.6 Å². The summed E-state index contributed by atoms with van der Waals surface area (Å²) in [5.41, 5.74) is 7.60. The Bertz CT molecular complexity index is 797. The molecule has 0 aliphatic rings. The maximum Gasteiger partial charge on any atom is 0.146 e. The number of hydrogen-bond donors (Lipinski definition) is 0. The first-order valence-corrected chi connectivity index (χ1v) is 12.3. The van der Waals surface area contributed by atoms with Crippen LogP contribution in [0, 0.1) is 11.5 Å². The van der Waals surface area contributed by atoms with Crippen LogP contribution in [-0.4, -0.2) is 20.1 Å². The standard InChI is InChI=1S/C23H31ClN2Si/c1-17(2)27(18(3)4,19(5)6)15-13-20-16-21(24)11-12-22(20)26(7)23-10-8-9-14-25-23/h8-12,14,16-19H,1-7H3. The smallest absolute Gasteiger partial charge is 0.146 e. The Kier molecular flexibility index (Phi) is 7.14. The first-order chi connectivity index (χ1) is 12.7. The van der Waals surface area contributed by atoms with E-state index in [2.05, 4.69) is 62.9 Å². The second-order valence-corrected chi connectivity index (χ2v) is 14.1. The average Bonchev–Trinajstić information content (AvgIpc) is 2.61.